The van der Waals surface area contributed by atoms with E-state index in [9.17, 15) is 63.0 Å². The number of carboxylic acids is 3. The van der Waals surface area contributed by atoms with Crippen molar-refractivity contribution in [1.29, 1.82) is 0 Å². The minimum atomic E-state index is -1.89. The monoisotopic (exact) mass is 1060 g/mol. The standard InChI is InChI=1S/C44H80N16O14/c1-5-22(3)33(40(71)57-28(42(73)74)13-10-20-53-44(50)51)60-38(69)27(15-16-30(47)61)56-36(67)25(11-7-8-18-45)55-39(70)29(21-32(64)65)58-41(72)34(23(4)6-2)59-37(68)26(12-9-19-52-43(48)49)54-35(66)24(46)14-17-31(62)63/h22-29,33-34H,5-21,45-46H2,1-4H3,(H2,47,61)(H,54,66)(H,55,70)(H,56,67)(H,57,71)(H,58,72)(H,59,68)(H,60,69)(H,62,63)(H,64,65)(H,73,74)(H4,48,49,52)(H4,50,51,53)/t22-,23-,24-,25-,26-,27-,28-,29-,33-,34-/m0/s1. The molecule has 0 rings (SSSR count). The number of carboxylic acid groups (broad SMARTS) is 3. The van der Waals surface area contributed by atoms with E-state index in [0.717, 1.165) is 0 Å². The molecule has 0 aromatic rings. The average molecular weight is 1060 g/mol. The largest absolute Gasteiger partial charge is 0.481 e. The molecule has 0 heterocycles. The first-order valence-electron chi connectivity index (χ1n) is 24.3. The fraction of sp³-hybridized carbons (Fsp3) is 0.705. The minimum Gasteiger partial charge on any atom is -0.481 e. The number of nitrogens with two attached hydrogens (primary N) is 7. The van der Waals surface area contributed by atoms with Crippen molar-refractivity contribution < 1.29 is 68.1 Å². The molecule has 0 unspecified atom stereocenters. The zero-order valence-electron chi connectivity index (χ0n) is 42.6. The lowest BCUT2D eigenvalue weighted by atomic mass is 9.96. The number of aliphatic carboxylic acids is 3. The lowest BCUT2D eigenvalue weighted by molar-refractivity contribution is -0.143. The lowest BCUT2D eigenvalue weighted by Gasteiger charge is -2.29. The molecule has 0 saturated carbocycles. The van der Waals surface area contributed by atoms with Gasteiger partial charge in [0, 0.05) is 25.9 Å². The predicted octanol–water partition coefficient (Wildman–Crippen LogP) is -5.27. The van der Waals surface area contributed by atoms with Crippen LogP contribution < -0.4 is 77.4 Å². The summed E-state index contributed by atoms with van der Waals surface area (Å²) in [6, 6.07) is -11.9. The summed E-state index contributed by atoms with van der Waals surface area (Å²) in [6.07, 6.45) is -1.55. The molecule has 0 aromatic carbocycles. The number of nitrogens with zero attached hydrogens (tertiary/aromatic N) is 2. The highest BCUT2D eigenvalue weighted by molar-refractivity contribution is 5.98. The topological polar surface area (TPSA) is 540 Å². The average Bonchev–Trinajstić information content (AvgIpc) is 3.32. The Morgan fingerprint density at radius 3 is 1.26 bits per heavy atom. The maximum Gasteiger partial charge on any atom is 0.326 e. The number of primary amides is 1. The zero-order chi connectivity index (χ0) is 56.7. The Labute approximate surface area is 429 Å². The van der Waals surface area contributed by atoms with Crippen LogP contribution in [0.15, 0.2) is 9.98 Å². The molecule has 0 aliphatic heterocycles. The van der Waals surface area contributed by atoms with Gasteiger partial charge in [-0.2, -0.15) is 0 Å². The van der Waals surface area contributed by atoms with Gasteiger partial charge in [-0.3, -0.25) is 57.9 Å². The molecule has 0 aromatic heterocycles. The third-order valence-corrected chi connectivity index (χ3v) is 11.6. The fourth-order valence-electron chi connectivity index (χ4n) is 6.90. The first kappa shape index (κ1) is 66.6. The fourth-order valence-corrected chi connectivity index (χ4v) is 6.90. The van der Waals surface area contributed by atoms with Crippen molar-refractivity contribution in [1.82, 2.24) is 37.2 Å². The Kier molecular flexibility index (Phi) is 32.1. The van der Waals surface area contributed by atoms with Crippen LogP contribution in [0, 0.1) is 11.8 Å². The van der Waals surface area contributed by atoms with Crippen LogP contribution in [-0.2, 0) is 52.7 Å². The molecule has 0 spiro atoms. The number of amides is 8. The molecule has 30 nitrogen and oxygen atoms in total. The number of aliphatic imine (C=N–C) groups is 2. The van der Waals surface area contributed by atoms with E-state index in [1.807, 2.05) is 0 Å². The summed E-state index contributed by atoms with van der Waals surface area (Å²) in [5, 5.41) is 45.8. The van der Waals surface area contributed by atoms with Crippen molar-refractivity contribution in [2.45, 2.75) is 166 Å². The maximum absolute atomic E-state index is 14.1. The van der Waals surface area contributed by atoms with Crippen molar-refractivity contribution >= 4 is 77.1 Å². The molecular formula is C44H80N16O14. The van der Waals surface area contributed by atoms with Gasteiger partial charge in [-0.25, -0.2) is 4.79 Å². The number of hydrogen-bond acceptors (Lipinski definition) is 15. The summed E-state index contributed by atoms with van der Waals surface area (Å²) in [4.78, 5) is 151. The Morgan fingerprint density at radius 1 is 0.459 bits per heavy atom. The van der Waals surface area contributed by atoms with Crippen molar-refractivity contribution in [2.75, 3.05) is 19.6 Å². The van der Waals surface area contributed by atoms with Crippen molar-refractivity contribution in [2.24, 2.45) is 62.0 Å². The van der Waals surface area contributed by atoms with Crippen LogP contribution in [0.5, 0.6) is 0 Å². The molecule has 0 bridgehead atoms. The molecule has 0 radical (unpaired) electrons. The number of carbonyl (C=O) groups excluding carboxylic acids is 8. The van der Waals surface area contributed by atoms with Gasteiger partial charge in [0.1, 0.15) is 42.3 Å². The van der Waals surface area contributed by atoms with Crippen LogP contribution in [0.3, 0.4) is 0 Å². The summed E-state index contributed by atoms with van der Waals surface area (Å²) in [7, 11) is 0. The second-order valence-corrected chi connectivity index (χ2v) is 17.7. The van der Waals surface area contributed by atoms with Crippen LogP contribution in [0.1, 0.15) is 118 Å². The van der Waals surface area contributed by atoms with E-state index in [1.54, 1.807) is 27.7 Å². The van der Waals surface area contributed by atoms with Crippen LogP contribution in [0.25, 0.3) is 0 Å². The summed E-state index contributed by atoms with van der Waals surface area (Å²) in [5.41, 5.74) is 38.4. The zero-order valence-corrected chi connectivity index (χ0v) is 42.6. The van der Waals surface area contributed by atoms with E-state index in [2.05, 4.69) is 47.2 Å². The molecule has 0 fully saturated rings. The Bertz CT molecular complexity index is 1970. The van der Waals surface area contributed by atoms with E-state index < -0.39 is 151 Å². The van der Waals surface area contributed by atoms with Crippen LogP contribution in [0.4, 0.5) is 0 Å². The first-order chi connectivity index (χ1) is 34.7. The van der Waals surface area contributed by atoms with E-state index >= 15 is 0 Å². The number of nitrogens with one attached hydrogen (secondary N) is 7. The highest BCUT2D eigenvalue weighted by Crippen LogP contribution is 2.14. The highest BCUT2D eigenvalue weighted by Gasteiger charge is 2.37. The molecule has 0 aliphatic carbocycles. The normalized spacial score (nSPS) is 14.9. The second-order valence-electron chi connectivity index (χ2n) is 17.7. The van der Waals surface area contributed by atoms with Gasteiger partial charge in [-0.05, 0) is 76.2 Å². The molecular weight excluding hydrogens is 977 g/mol. The van der Waals surface area contributed by atoms with Gasteiger partial charge in [0.2, 0.25) is 47.3 Å². The minimum absolute atomic E-state index is 0.0276. The van der Waals surface area contributed by atoms with Crippen molar-refractivity contribution in [3.05, 3.63) is 0 Å². The third-order valence-electron chi connectivity index (χ3n) is 11.6. The van der Waals surface area contributed by atoms with Crippen LogP contribution in [-0.4, -0.2) is 160 Å². The summed E-state index contributed by atoms with van der Waals surface area (Å²) < 4.78 is 0. The molecule has 0 saturated heterocycles. The maximum atomic E-state index is 14.1. The molecule has 74 heavy (non-hydrogen) atoms. The molecule has 0 aliphatic rings. The SMILES string of the molecule is CC[C@H](C)[C@H](NC(=O)[C@H](CCC(N)=O)NC(=O)[C@H](CCCCN)NC(=O)[C@H](CC(=O)O)NC(=O)[C@@H](NC(=O)[C@H](CCCN=C(N)N)NC(=O)[C@@H](N)CCC(=O)O)[C@@H](C)CC)C(=O)N[C@@H](CCCN=C(N)N)C(=O)O. The van der Waals surface area contributed by atoms with E-state index in [1.165, 1.54) is 0 Å². The van der Waals surface area contributed by atoms with Crippen LogP contribution in [0.2, 0.25) is 0 Å². The van der Waals surface area contributed by atoms with E-state index in [0.29, 0.717) is 12.8 Å². The first-order valence-corrected chi connectivity index (χ1v) is 24.3. The smallest absolute Gasteiger partial charge is 0.326 e. The van der Waals surface area contributed by atoms with Gasteiger partial charge in [0.15, 0.2) is 11.9 Å². The molecule has 420 valence electrons. The molecule has 30 heteroatoms. The lowest BCUT2D eigenvalue weighted by Crippen LogP contribution is -2.61. The quantitative estimate of drug-likeness (QED) is 0.0155. The summed E-state index contributed by atoms with van der Waals surface area (Å²) >= 11 is 0. The van der Waals surface area contributed by atoms with Gasteiger partial charge >= 0.3 is 17.9 Å². The Hall–Kier alpha value is -7.37. The summed E-state index contributed by atoms with van der Waals surface area (Å²) in [5.74, 6) is -13.7. The number of guanidine groups is 2. The van der Waals surface area contributed by atoms with E-state index in [-0.39, 0.29) is 82.9 Å². The van der Waals surface area contributed by atoms with E-state index in [4.69, 9.17) is 45.2 Å². The van der Waals surface area contributed by atoms with Crippen molar-refractivity contribution in [3.8, 4) is 0 Å². The predicted molar refractivity (Wildman–Crippen MR) is 268 cm³/mol. The number of hydrogen-bond donors (Lipinski definition) is 17. The van der Waals surface area contributed by atoms with Gasteiger partial charge in [-0.15, -0.1) is 0 Å². The van der Waals surface area contributed by atoms with Gasteiger partial charge in [0.05, 0.1) is 12.5 Å². The highest BCUT2D eigenvalue weighted by atomic mass is 16.4. The molecule has 24 N–H and O–H groups in total. The van der Waals surface area contributed by atoms with Crippen LogP contribution >= 0.6 is 0 Å². The Morgan fingerprint density at radius 2 is 0.851 bits per heavy atom. The Balaban J connectivity index is 6.77. The van der Waals surface area contributed by atoms with Gasteiger partial charge in [0.25, 0.3) is 0 Å². The second kappa shape index (κ2) is 35.7. The summed E-state index contributed by atoms with van der Waals surface area (Å²) in [6.45, 7) is 6.80. The van der Waals surface area contributed by atoms with Crippen molar-refractivity contribution in [3.63, 3.8) is 0 Å². The number of unbranched alkanes of at least 4 members (excludes halogenated alkanes) is 1. The van der Waals surface area contributed by atoms with Gasteiger partial charge < -0.3 is 92.7 Å². The number of rotatable bonds is 39. The third kappa shape index (κ3) is 27.5. The number of carbonyl (C=O) groups is 11. The molecule has 8 amide bonds. The molecule has 10 atom stereocenters. The van der Waals surface area contributed by atoms with Gasteiger partial charge in [-0.1, -0.05) is 40.5 Å².